The Morgan fingerprint density at radius 1 is 0.341 bits per heavy atom. The van der Waals surface area contributed by atoms with Crippen molar-refractivity contribution in [3.05, 3.63) is 250 Å². The van der Waals surface area contributed by atoms with Crippen molar-refractivity contribution in [3.8, 4) is 0 Å². The lowest BCUT2D eigenvalue weighted by Crippen LogP contribution is -2.38. The van der Waals surface area contributed by atoms with E-state index < -0.39 is 81.7 Å². The van der Waals surface area contributed by atoms with Crippen LogP contribution in [0.1, 0.15) is 109 Å². The van der Waals surface area contributed by atoms with Crippen molar-refractivity contribution in [1.29, 1.82) is 0 Å². The molecule has 7 aromatic carbocycles. The average molecular weight is 1230 g/mol. The van der Waals surface area contributed by atoms with E-state index in [0.717, 1.165) is 40.5 Å². The quantitative estimate of drug-likeness (QED) is 0.0281. The van der Waals surface area contributed by atoms with Gasteiger partial charge in [0.25, 0.3) is 0 Å². The minimum Gasteiger partial charge on any atom is -0.480 e. The van der Waals surface area contributed by atoms with Crippen LogP contribution in [-0.2, 0) is 14.4 Å². The van der Waals surface area contributed by atoms with Gasteiger partial charge in [0.1, 0.15) is 58.8 Å². The zero-order chi connectivity index (χ0) is 66.8. The first-order valence-electron chi connectivity index (χ1n) is 27.2. The van der Waals surface area contributed by atoms with Gasteiger partial charge in [0, 0.05) is 24.2 Å². The van der Waals surface area contributed by atoms with E-state index in [1.54, 1.807) is 37.9 Å². The van der Waals surface area contributed by atoms with Crippen LogP contribution in [-0.4, -0.2) is 81.5 Å². The van der Waals surface area contributed by atoms with Crippen molar-refractivity contribution in [2.24, 2.45) is 17.2 Å². The lowest BCUT2D eigenvalue weighted by atomic mass is 9.86. The van der Waals surface area contributed by atoms with E-state index in [9.17, 15) is 45.1 Å². The van der Waals surface area contributed by atoms with E-state index in [0.29, 0.717) is 0 Å². The molecule has 0 spiro atoms. The highest BCUT2D eigenvalue weighted by Gasteiger charge is 2.24. The molecule has 0 radical (unpaired) electrons. The Morgan fingerprint density at radius 2 is 0.545 bits per heavy atom. The smallest absolute Gasteiger partial charge is 0.374 e. The molecule has 0 aliphatic carbocycles. The summed E-state index contributed by atoms with van der Waals surface area (Å²) in [6.07, 6.45) is 0. The Hall–Kier alpha value is -7.72. The van der Waals surface area contributed by atoms with E-state index >= 15 is 0 Å². The van der Waals surface area contributed by atoms with Crippen molar-refractivity contribution >= 4 is 46.1 Å². The Kier molecular flexibility index (Phi) is 36.9. The number of benzene rings is 7. The lowest BCUT2D eigenvalue weighted by molar-refractivity contribution is -0.140. The Bertz CT molecular complexity index is 3010. The topological polar surface area (TPSA) is 319 Å². The zero-order valence-electron chi connectivity index (χ0n) is 49.7. The molecule has 17 N–H and O–H groups in total. The van der Waals surface area contributed by atoms with Crippen LogP contribution in [0.15, 0.2) is 170 Å². The number of hydrogen-bond acceptors (Lipinski definition) is 14. The van der Waals surface area contributed by atoms with Gasteiger partial charge in [-0.3, -0.25) is 14.4 Å². The number of halogens is 7. The van der Waals surface area contributed by atoms with Gasteiger partial charge < -0.3 is 73.5 Å². The Morgan fingerprint density at radius 3 is 0.750 bits per heavy atom. The third kappa shape index (κ3) is 33.4. The van der Waals surface area contributed by atoms with Crippen LogP contribution in [0.4, 0.5) is 30.7 Å². The predicted molar refractivity (Wildman–Crippen MR) is 330 cm³/mol. The molecule has 0 heterocycles. The lowest BCUT2D eigenvalue weighted by Gasteiger charge is -2.15. The normalized spacial score (nSPS) is 12.6. The standard InChI is InChI=1S/2C9H11BFNO3.2C9H13BFNO.C8H8FNO2.2C8H10FN/c2*1-10(15)12-8(9(13)14)6-3-2-4-7(11)5-6;2*1-7(12-10(2)13)8-4-3-5-9(11)6-8;9-6-3-1-2-5(4-6)7(10)8(11)12;2*1-6(10)7-3-2-4-8(9)5-7/h2*2-5,8,12,15H,1H3,(H,13,14);2*3-7,12-13H,1-2H3;1-4,7H,10H2,(H,11,12);2*2-6H,10H2,1H3. The molecule has 0 amide bonds. The van der Waals surface area contributed by atoms with Gasteiger partial charge in [-0.1, -0.05) is 84.9 Å². The fourth-order valence-corrected chi connectivity index (χ4v) is 7.37. The highest BCUT2D eigenvalue weighted by Crippen LogP contribution is 2.18. The van der Waals surface area contributed by atoms with Crippen LogP contribution in [0.25, 0.3) is 0 Å². The molecule has 0 saturated carbocycles. The molecule has 0 aromatic heterocycles. The van der Waals surface area contributed by atoms with E-state index in [1.165, 1.54) is 117 Å². The van der Waals surface area contributed by atoms with E-state index in [-0.39, 0.29) is 64.1 Å². The minimum atomic E-state index is -1.17. The highest BCUT2D eigenvalue weighted by molar-refractivity contribution is 6.46. The van der Waals surface area contributed by atoms with Crippen LogP contribution in [0.3, 0.4) is 0 Å². The monoisotopic (exact) mass is 1230 g/mol. The van der Waals surface area contributed by atoms with Crippen LogP contribution in [0.5, 0.6) is 0 Å². The summed E-state index contributed by atoms with van der Waals surface area (Å²) in [5.74, 6) is -5.96. The molecular formula is C60H76B4F7N7O10. The maximum absolute atomic E-state index is 12.8. The van der Waals surface area contributed by atoms with Crippen molar-refractivity contribution in [1.82, 2.24) is 20.9 Å². The summed E-state index contributed by atoms with van der Waals surface area (Å²) < 4.78 is 88.7. The second-order valence-corrected chi connectivity index (χ2v) is 19.6. The second kappa shape index (κ2) is 41.4. The maximum Gasteiger partial charge on any atom is 0.374 e. The number of rotatable bonds is 18. The van der Waals surface area contributed by atoms with E-state index in [4.69, 9.17) is 52.6 Å². The molecule has 17 nitrogen and oxygen atoms in total. The van der Waals surface area contributed by atoms with Gasteiger partial charge in [-0.2, -0.15) is 0 Å². The van der Waals surface area contributed by atoms with Crippen molar-refractivity contribution in [2.75, 3.05) is 0 Å². The minimum absolute atomic E-state index is 0.0456. The van der Waals surface area contributed by atoms with Crippen LogP contribution < -0.4 is 38.1 Å². The average Bonchev–Trinajstić information content (AvgIpc) is 3.57. The summed E-state index contributed by atoms with van der Waals surface area (Å²) in [6, 6.07) is 37.4. The van der Waals surface area contributed by atoms with Gasteiger partial charge in [-0.05, 0) is 179 Å². The maximum atomic E-state index is 12.8. The third-order valence-electron chi connectivity index (χ3n) is 11.6. The molecule has 7 aromatic rings. The number of hydrogen-bond donors (Lipinski definition) is 14. The second-order valence-electron chi connectivity index (χ2n) is 19.6. The summed E-state index contributed by atoms with van der Waals surface area (Å²) in [5.41, 5.74) is 20.4. The summed E-state index contributed by atoms with van der Waals surface area (Å²) >= 11 is 0. The highest BCUT2D eigenvalue weighted by atomic mass is 19.2. The first-order chi connectivity index (χ1) is 41.2. The summed E-state index contributed by atoms with van der Waals surface area (Å²) in [5, 5.41) is 73.0. The molecule has 0 fully saturated rings. The van der Waals surface area contributed by atoms with Gasteiger partial charge in [-0.15, -0.1) is 0 Å². The zero-order valence-corrected chi connectivity index (χ0v) is 49.7. The molecule has 7 rings (SSSR count). The van der Waals surface area contributed by atoms with Crippen LogP contribution >= 0.6 is 0 Å². The molecule has 0 bridgehead atoms. The SMILES string of the molecule is CB(O)NC(C(=O)O)c1cccc(F)c1.CB(O)NC(C(=O)O)c1cccc(F)c1.CB(O)NC(C)c1cccc(F)c1.CB(O)NC(C)c1cccc(F)c1.CC(N)c1cccc(F)c1.CC(N)c1cccc(F)c1.NC(C(=O)O)c1cccc(F)c1. The van der Waals surface area contributed by atoms with Gasteiger partial charge in [0.05, 0.1) is 0 Å². The fraction of sp³-hybridized carbons (Fsp3) is 0.250. The summed E-state index contributed by atoms with van der Waals surface area (Å²) in [4.78, 5) is 32.1. The molecule has 0 aliphatic rings. The van der Waals surface area contributed by atoms with Gasteiger partial charge in [-0.25, -0.2) is 30.7 Å². The number of aliphatic carboxylic acids is 3. The van der Waals surface area contributed by atoms with E-state index in [2.05, 4.69) is 20.9 Å². The van der Waals surface area contributed by atoms with Crippen LogP contribution in [0, 0.1) is 40.7 Å². The molecule has 0 saturated heterocycles. The molecule has 0 aliphatic heterocycles. The van der Waals surface area contributed by atoms with Gasteiger partial charge >= 0.3 is 46.1 Å². The Balaban J connectivity index is 0.000000516. The predicted octanol–water partition coefficient (Wildman–Crippen LogP) is 9.08. The number of nitrogens with one attached hydrogen (secondary N) is 4. The summed E-state index contributed by atoms with van der Waals surface area (Å²) in [7, 11) is -3.12. The molecule has 7 atom stereocenters. The van der Waals surface area contributed by atoms with Crippen molar-refractivity contribution < 1.29 is 80.5 Å². The third-order valence-corrected chi connectivity index (χ3v) is 11.6. The number of carboxylic acids is 3. The van der Waals surface area contributed by atoms with Gasteiger partial charge in [0.2, 0.25) is 0 Å². The molecule has 472 valence electrons. The first kappa shape index (κ1) is 78.3. The number of nitrogens with two attached hydrogens (primary N) is 3. The van der Waals surface area contributed by atoms with Gasteiger partial charge in [0.15, 0.2) is 0 Å². The van der Waals surface area contributed by atoms with E-state index in [1.807, 2.05) is 52.0 Å². The largest absolute Gasteiger partial charge is 0.480 e. The van der Waals surface area contributed by atoms with Crippen molar-refractivity contribution in [3.63, 3.8) is 0 Å². The summed E-state index contributed by atoms with van der Waals surface area (Å²) in [6.45, 7) is 13.5. The Labute approximate surface area is 509 Å². The number of carboxylic acid groups (broad SMARTS) is 3. The first-order valence-corrected chi connectivity index (χ1v) is 27.2. The van der Waals surface area contributed by atoms with Crippen molar-refractivity contribution in [2.45, 2.75) is 97.3 Å². The number of carbonyl (C=O) groups is 3. The van der Waals surface area contributed by atoms with Crippen LogP contribution in [0.2, 0.25) is 27.3 Å². The molecule has 7 unspecified atom stereocenters. The molecule has 88 heavy (non-hydrogen) atoms. The molecule has 28 heteroatoms. The fourth-order valence-electron chi connectivity index (χ4n) is 7.37. The molecular weight excluding hydrogens is 1150 g/mol.